The number of carbonyl (C=O) groups is 3. The van der Waals surface area contributed by atoms with Crippen molar-refractivity contribution >= 4 is 50.7 Å². The fourth-order valence-electron chi connectivity index (χ4n) is 5.25. The van der Waals surface area contributed by atoms with E-state index in [1.807, 2.05) is 60.7 Å². The Bertz CT molecular complexity index is 1620. The van der Waals surface area contributed by atoms with Crippen molar-refractivity contribution in [1.82, 2.24) is 25.3 Å². The Hall–Kier alpha value is -4.15. The van der Waals surface area contributed by atoms with Crippen LogP contribution in [-0.2, 0) is 41.4 Å². The summed E-state index contributed by atoms with van der Waals surface area (Å²) in [7, 11) is 1.57. The van der Waals surface area contributed by atoms with Gasteiger partial charge in [0.2, 0.25) is 22.1 Å². The molecule has 2 amide bonds. The van der Waals surface area contributed by atoms with Crippen LogP contribution >= 0.6 is 22.7 Å². The number of amides is 2. The van der Waals surface area contributed by atoms with Gasteiger partial charge in [0.15, 0.2) is 0 Å². The maximum atomic E-state index is 13.3. The topological polar surface area (TPSA) is 158 Å². The molecule has 3 heterocycles. The number of nitrogens with one attached hydrogen (secondary N) is 2. The van der Waals surface area contributed by atoms with E-state index in [0.717, 1.165) is 47.1 Å². The monoisotopic (exact) mass is 707 g/mol. The predicted molar refractivity (Wildman–Crippen MR) is 187 cm³/mol. The molecule has 4 aromatic rings. The highest BCUT2D eigenvalue weighted by atomic mass is 32.1. The molecule has 5 rings (SSSR count). The number of aromatic nitrogens is 4. The Morgan fingerprint density at radius 1 is 0.776 bits per heavy atom. The van der Waals surface area contributed by atoms with Crippen molar-refractivity contribution in [3.05, 3.63) is 81.8 Å². The molecule has 13 nitrogen and oxygen atoms in total. The molecule has 1 saturated heterocycles. The van der Waals surface area contributed by atoms with Crippen molar-refractivity contribution in [1.29, 1.82) is 0 Å². The molecule has 2 aromatic carbocycles. The van der Waals surface area contributed by atoms with E-state index in [-0.39, 0.29) is 37.4 Å². The van der Waals surface area contributed by atoms with Gasteiger partial charge in [-0.3, -0.25) is 29.9 Å². The van der Waals surface area contributed by atoms with Crippen LogP contribution in [0.25, 0.3) is 0 Å². The number of aryl methyl sites for hydroxylation is 2. The van der Waals surface area contributed by atoms with Crippen LogP contribution in [0.1, 0.15) is 52.2 Å². The van der Waals surface area contributed by atoms with Gasteiger partial charge in [0.05, 0.1) is 38.1 Å². The largest absolute Gasteiger partial charge is 0.464 e. The minimum atomic E-state index is -0.688. The third kappa shape index (κ3) is 11.5. The lowest BCUT2D eigenvalue weighted by Crippen LogP contribution is -2.37. The molecule has 1 fully saturated rings. The van der Waals surface area contributed by atoms with E-state index < -0.39 is 11.8 Å². The van der Waals surface area contributed by atoms with Crippen LogP contribution in [0, 0.1) is 0 Å². The maximum absolute atomic E-state index is 13.3. The number of methoxy groups -OCH3 is 1. The van der Waals surface area contributed by atoms with Gasteiger partial charge in [-0.2, -0.15) is 0 Å². The van der Waals surface area contributed by atoms with Crippen LogP contribution in [0.4, 0.5) is 10.3 Å². The first-order valence-corrected chi connectivity index (χ1v) is 17.9. The summed E-state index contributed by atoms with van der Waals surface area (Å²) in [6, 6.07) is 18.8. The molecule has 0 spiro atoms. The van der Waals surface area contributed by atoms with Gasteiger partial charge in [0.25, 0.3) is 0 Å². The van der Waals surface area contributed by atoms with Crippen LogP contribution in [0.2, 0.25) is 0 Å². The number of morpholine rings is 1. The number of ether oxygens (including phenoxy) is 3. The van der Waals surface area contributed by atoms with Gasteiger partial charge in [-0.1, -0.05) is 83.3 Å². The molecular weight excluding hydrogens is 667 g/mol. The standard InChI is InChI=1S/C34H41N7O6S2/c1-45-22-26(24-10-4-2-5-11-24)31(43)35-33-39-37-28(48-33)14-8-9-15-29-38-40-34(49-29)36-32(44)27(25-12-6-3-7-13-25)23-47-30(42)16-17-41-18-20-46-21-19-41/h2-7,10-13,26-27H,8-9,14-23H2,1H3,(H,35,39,43)(H,36,40,44). The second kappa shape index (κ2) is 19.1. The maximum Gasteiger partial charge on any atom is 0.307 e. The van der Waals surface area contributed by atoms with E-state index in [1.54, 1.807) is 7.11 Å². The van der Waals surface area contributed by atoms with Gasteiger partial charge in [0.1, 0.15) is 16.6 Å². The third-order valence-electron chi connectivity index (χ3n) is 7.94. The van der Waals surface area contributed by atoms with Crippen molar-refractivity contribution in [2.24, 2.45) is 0 Å². The molecule has 1 aliphatic rings. The number of benzene rings is 2. The van der Waals surface area contributed by atoms with Crippen LogP contribution < -0.4 is 10.6 Å². The van der Waals surface area contributed by atoms with Gasteiger partial charge in [-0.25, -0.2) is 0 Å². The van der Waals surface area contributed by atoms with Gasteiger partial charge in [-0.15, -0.1) is 20.4 Å². The Balaban J connectivity index is 1.05. The number of anilines is 2. The lowest BCUT2D eigenvalue weighted by molar-refractivity contribution is -0.145. The summed E-state index contributed by atoms with van der Waals surface area (Å²) in [6.07, 6.45) is 3.33. The average Bonchev–Trinajstić information content (AvgIpc) is 3.78. The Labute approximate surface area is 293 Å². The molecular formula is C34H41N7O6S2. The number of hydrogen-bond acceptors (Lipinski definition) is 13. The van der Waals surface area contributed by atoms with E-state index in [0.29, 0.717) is 42.9 Å². The van der Waals surface area contributed by atoms with Crippen molar-refractivity contribution in [3.8, 4) is 0 Å². The van der Waals surface area contributed by atoms with Crippen molar-refractivity contribution in [2.45, 2.75) is 43.9 Å². The second-order valence-electron chi connectivity index (χ2n) is 11.5. The van der Waals surface area contributed by atoms with Gasteiger partial charge >= 0.3 is 5.97 Å². The molecule has 0 saturated carbocycles. The molecule has 0 aliphatic carbocycles. The smallest absolute Gasteiger partial charge is 0.307 e. The fraction of sp³-hybridized carbons (Fsp3) is 0.441. The first kappa shape index (κ1) is 36.1. The Kier molecular flexibility index (Phi) is 14.1. The molecule has 2 atom stereocenters. The molecule has 1 aliphatic heterocycles. The van der Waals surface area contributed by atoms with E-state index >= 15 is 0 Å². The number of carbonyl (C=O) groups excluding carboxylic acids is 3. The summed E-state index contributed by atoms with van der Waals surface area (Å²) in [5.41, 5.74) is 1.62. The fourth-order valence-corrected chi connectivity index (χ4v) is 6.82. The van der Waals surface area contributed by atoms with Gasteiger partial charge in [0, 0.05) is 39.6 Å². The van der Waals surface area contributed by atoms with Crippen molar-refractivity contribution < 1.29 is 28.6 Å². The first-order chi connectivity index (χ1) is 24.0. The zero-order chi connectivity index (χ0) is 34.3. The van der Waals surface area contributed by atoms with Crippen LogP contribution in [0.15, 0.2) is 60.7 Å². The van der Waals surface area contributed by atoms with E-state index in [9.17, 15) is 14.4 Å². The summed E-state index contributed by atoms with van der Waals surface area (Å²) >= 11 is 2.68. The summed E-state index contributed by atoms with van der Waals surface area (Å²) in [5, 5.41) is 25.0. The lowest BCUT2D eigenvalue weighted by atomic mass is 9.99. The molecule has 15 heteroatoms. The average molecular weight is 708 g/mol. The zero-order valence-electron chi connectivity index (χ0n) is 27.4. The molecule has 2 aromatic heterocycles. The normalized spacial score (nSPS) is 14.6. The highest BCUT2D eigenvalue weighted by molar-refractivity contribution is 7.15. The number of esters is 1. The summed E-state index contributed by atoms with van der Waals surface area (Å²) in [4.78, 5) is 40.9. The molecule has 0 radical (unpaired) electrons. The number of nitrogens with zero attached hydrogens (tertiary/aromatic N) is 5. The molecule has 0 bridgehead atoms. The van der Waals surface area contributed by atoms with Gasteiger partial charge < -0.3 is 14.2 Å². The Morgan fingerprint density at radius 2 is 1.29 bits per heavy atom. The van der Waals surface area contributed by atoms with E-state index in [1.165, 1.54) is 22.7 Å². The second-order valence-corrected chi connectivity index (χ2v) is 13.6. The van der Waals surface area contributed by atoms with E-state index in [2.05, 4.69) is 35.9 Å². The van der Waals surface area contributed by atoms with Crippen molar-refractivity contribution in [3.63, 3.8) is 0 Å². The van der Waals surface area contributed by atoms with Crippen LogP contribution in [0.3, 0.4) is 0 Å². The summed E-state index contributed by atoms with van der Waals surface area (Å²) < 4.78 is 16.2. The van der Waals surface area contributed by atoms with Crippen molar-refractivity contribution in [2.75, 3.05) is 63.8 Å². The first-order valence-electron chi connectivity index (χ1n) is 16.3. The molecule has 2 N–H and O–H groups in total. The number of hydrogen-bond donors (Lipinski definition) is 2. The molecule has 2 unspecified atom stereocenters. The Morgan fingerprint density at radius 3 is 1.80 bits per heavy atom. The predicted octanol–water partition coefficient (Wildman–Crippen LogP) is 4.31. The number of rotatable bonds is 18. The minimum Gasteiger partial charge on any atom is -0.464 e. The quantitative estimate of drug-likeness (QED) is 0.112. The van der Waals surface area contributed by atoms with E-state index in [4.69, 9.17) is 14.2 Å². The third-order valence-corrected chi connectivity index (χ3v) is 9.74. The SMILES string of the molecule is COCC(C(=O)Nc1nnc(CCCCc2nnc(NC(=O)C(COC(=O)CCN3CCOCC3)c3ccccc3)s2)s1)c1ccccc1. The summed E-state index contributed by atoms with van der Waals surface area (Å²) in [5.74, 6) is -1.98. The lowest BCUT2D eigenvalue weighted by Gasteiger charge is -2.26. The summed E-state index contributed by atoms with van der Waals surface area (Å²) in [6.45, 7) is 3.71. The highest BCUT2D eigenvalue weighted by Gasteiger charge is 2.25. The molecule has 49 heavy (non-hydrogen) atoms. The van der Waals surface area contributed by atoms with Gasteiger partial charge in [-0.05, 0) is 24.0 Å². The highest BCUT2D eigenvalue weighted by Crippen LogP contribution is 2.24. The number of unbranched alkanes of at least 4 members (excludes halogenated alkanes) is 1. The van der Waals surface area contributed by atoms with Crippen LogP contribution in [0.5, 0.6) is 0 Å². The zero-order valence-corrected chi connectivity index (χ0v) is 29.0. The minimum absolute atomic E-state index is 0.0682. The van der Waals surface area contributed by atoms with Crippen LogP contribution in [-0.4, -0.2) is 96.2 Å². The molecule has 260 valence electrons.